The lowest BCUT2D eigenvalue weighted by Crippen LogP contribution is -2.61. The highest BCUT2D eigenvalue weighted by Crippen LogP contribution is 2.40. The zero-order chi connectivity index (χ0) is 89.9. The van der Waals surface area contributed by atoms with Gasteiger partial charge in [0.1, 0.15) is 47.7 Å². The van der Waals surface area contributed by atoms with Crippen molar-refractivity contribution in [2.24, 2.45) is 40.7 Å². The molecule has 126 heavy (non-hydrogen) atoms. The Labute approximate surface area is 734 Å². The summed E-state index contributed by atoms with van der Waals surface area (Å²) in [6, 6.07) is 4.36. The number of methoxy groups -OCH3 is 3. The van der Waals surface area contributed by atoms with Crippen LogP contribution in [0.4, 0.5) is 23.7 Å². The number of aliphatic hydroxyl groups is 4. The van der Waals surface area contributed by atoms with Crippen molar-refractivity contribution < 1.29 is 86.9 Å². The minimum absolute atomic E-state index is 0.0376. The van der Waals surface area contributed by atoms with Gasteiger partial charge < -0.3 is 99.8 Å². The van der Waals surface area contributed by atoms with Crippen LogP contribution in [0.2, 0.25) is 0 Å². The number of piperidine rings is 1. The van der Waals surface area contributed by atoms with E-state index in [1.54, 1.807) is 62.9 Å². The van der Waals surface area contributed by atoms with Gasteiger partial charge in [-0.05, 0) is 138 Å². The van der Waals surface area contributed by atoms with E-state index in [1.165, 1.54) is 30.7 Å². The van der Waals surface area contributed by atoms with Crippen molar-refractivity contribution in [1.29, 1.82) is 0 Å². The number of carbonyl (C=O) groups excluding carboxylic acids is 6. The number of amides is 4. The SMILES string of the molecule is CO[C@H]1C[C@@H]2CC[C@@H](C)[C@@](O)(O2)C(=O)C(=O)N2CCCC[C@H]2C(=O)O[C@H]([C@H](C)C[C@@H]2CC[C@@H](O)[C@H](OC)C2)C[C@@H](O)[C@H](C)/C=C(\C)[C@@H](O)[C@@H](OC)C(=NOCC(=O)N2CCc3nc(N4CCN(c5ncc(C(=O)NCCOCCC(=O)NCCCCn6nc(-c7ccc8oc(N)nc8c7)c7c(N)ncnc76)cn5)CC4)ncc3C2)[C@H](C)C[C@H](C)/C=C/C=CC=C1C. The van der Waals surface area contributed by atoms with Crippen LogP contribution in [0, 0.1) is 35.5 Å². The summed E-state index contributed by atoms with van der Waals surface area (Å²) in [6.45, 7) is 17.2. The maximum atomic E-state index is 14.8. The highest BCUT2D eigenvalue weighted by molar-refractivity contribution is 6.39. The Balaban J connectivity index is 0.622. The minimum atomic E-state index is -2.47. The normalized spacial score (nSPS) is 28.0. The Morgan fingerprint density at radius 3 is 2.31 bits per heavy atom. The Hall–Kier alpha value is -10.3. The van der Waals surface area contributed by atoms with Crippen LogP contribution in [0.1, 0.15) is 166 Å². The van der Waals surface area contributed by atoms with E-state index < -0.39 is 90.7 Å². The third kappa shape index (κ3) is 23.9. The molecule has 16 atom stereocenters. The molecule has 3 saturated heterocycles. The molecule has 12 rings (SSSR count). The van der Waals surface area contributed by atoms with Crippen LogP contribution in [0.25, 0.3) is 33.4 Å². The number of aryl methyl sites for hydroxylation is 1. The molecular weight excluding hydrogens is 1620 g/mol. The molecule has 0 unspecified atom stereocenters. The summed E-state index contributed by atoms with van der Waals surface area (Å²) in [6.07, 6.45) is 18.3. The Morgan fingerprint density at radius 1 is 0.778 bits per heavy atom. The molecule has 10 N–H and O–H groups in total. The first-order chi connectivity index (χ1) is 60.6. The fourth-order valence-electron chi connectivity index (χ4n) is 17.8. The number of esters is 1. The van der Waals surface area contributed by atoms with Crippen molar-refractivity contribution in [3.8, 4) is 11.3 Å². The number of fused-ring (bicyclic) bond motifs is 6. The summed E-state index contributed by atoms with van der Waals surface area (Å²) in [5.74, 6) is -6.95. The molecule has 6 aromatic rings. The lowest BCUT2D eigenvalue weighted by molar-refractivity contribution is -0.265. The summed E-state index contributed by atoms with van der Waals surface area (Å²) in [5.41, 5.74) is 18.7. The number of benzene rings is 1. The fraction of sp³-hybridized carbons (Fsp3) is 0.611. The number of piperazine rings is 1. The van der Waals surface area contributed by atoms with Gasteiger partial charge in [-0.15, -0.1) is 0 Å². The highest BCUT2D eigenvalue weighted by Gasteiger charge is 2.53. The summed E-state index contributed by atoms with van der Waals surface area (Å²) >= 11 is 0. The molecule has 4 amide bonds. The predicted molar refractivity (Wildman–Crippen MR) is 469 cm³/mol. The second-order valence-electron chi connectivity index (χ2n) is 34.6. The number of aromatic nitrogens is 9. The average molecular weight is 1750 g/mol. The number of oxazole rings is 1. The maximum absolute atomic E-state index is 14.8. The number of unbranched alkanes of at least 4 members (excludes halogenated alkanes) is 1. The van der Waals surface area contributed by atoms with Crippen molar-refractivity contribution in [3.05, 3.63) is 108 Å². The first kappa shape index (κ1) is 94.8. The average Bonchev–Trinajstić information content (AvgIpc) is 0.983. The number of anilines is 4. The number of nitrogens with two attached hydrogens (primary N) is 2. The van der Waals surface area contributed by atoms with Gasteiger partial charge in [0.15, 0.2) is 17.8 Å². The third-order valence-corrected chi connectivity index (χ3v) is 25.4. The monoisotopic (exact) mass is 1750 g/mol. The van der Waals surface area contributed by atoms with Crippen LogP contribution in [0.3, 0.4) is 0 Å². The number of rotatable bonds is 24. The number of hydrogen-bond acceptors (Lipinski definition) is 31. The first-order valence-electron chi connectivity index (χ1n) is 44.3. The van der Waals surface area contributed by atoms with Crippen molar-refractivity contribution >= 4 is 87.0 Å². The van der Waals surface area contributed by atoms with Crippen molar-refractivity contribution in [1.82, 2.24) is 65.1 Å². The predicted octanol–water partition coefficient (Wildman–Crippen LogP) is 7.11. The van der Waals surface area contributed by atoms with Gasteiger partial charge in [0.05, 0.1) is 66.1 Å². The number of hydrogen-bond donors (Lipinski definition) is 8. The number of carbonyl (C=O) groups is 6. The number of cyclic esters (lactones) is 1. The van der Waals surface area contributed by atoms with Crippen LogP contribution in [0.5, 0.6) is 0 Å². The molecule has 1 aliphatic carbocycles. The Kier molecular flexibility index (Phi) is 33.4. The number of nitrogens with one attached hydrogen (secondary N) is 2. The molecule has 36 nitrogen and oxygen atoms in total. The zero-order valence-corrected chi connectivity index (χ0v) is 74.1. The number of nitrogen functional groups attached to an aromatic ring is 2. The molecule has 1 saturated carbocycles. The van der Waals surface area contributed by atoms with Gasteiger partial charge in [0.2, 0.25) is 23.6 Å². The fourth-order valence-corrected chi connectivity index (χ4v) is 17.8. The zero-order valence-electron chi connectivity index (χ0n) is 74.1. The largest absolute Gasteiger partial charge is 0.460 e. The Morgan fingerprint density at radius 2 is 1.55 bits per heavy atom. The quantitative estimate of drug-likeness (QED) is 0.00983. The van der Waals surface area contributed by atoms with Crippen LogP contribution < -0.4 is 31.9 Å². The summed E-state index contributed by atoms with van der Waals surface area (Å²) < 4.78 is 43.3. The van der Waals surface area contributed by atoms with Crippen LogP contribution >= 0.6 is 0 Å². The summed E-state index contributed by atoms with van der Waals surface area (Å²) in [7, 11) is 4.61. The molecular formula is C90H126N18O18. The van der Waals surface area contributed by atoms with Gasteiger partial charge in [-0.3, -0.25) is 24.0 Å². The van der Waals surface area contributed by atoms with Gasteiger partial charge in [-0.1, -0.05) is 76.2 Å². The molecule has 4 fully saturated rings. The van der Waals surface area contributed by atoms with Gasteiger partial charge in [-0.2, -0.15) is 10.1 Å². The van der Waals surface area contributed by atoms with Crippen molar-refractivity contribution in [2.75, 3.05) is 115 Å². The highest BCUT2D eigenvalue weighted by atomic mass is 16.6. The smallest absolute Gasteiger partial charge is 0.329 e. The number of nitrogens with zero attached hydrogens (tertiary/aromatic N) is 14. The number of allylic oxidation sites excluding steroid dienone is 5. The van der Waals surface area contributed by atoms with Gasteiger partial charge in [-0.25, -0.2) is 39.4 Å². The van der Waals surface area contributed by atoms with E-state index >= 15 is 0 Å². The molecule has 2 bridgehead atoms. The van der Waals surface area contributed by atoms with Crippen LogP contribution in [-0.2, 0) is 76.7 Å². The lowest BCUT2D eigenvalue weighted by atomic mass is 9.78. The van der Waals surface area contributed by atoms with E-state index in [2.05, 4.69) is 52.5 Å². The molecule has 10 heterocycles. The lowest BCUT2D eigenvalue weighted by Gasteiger charge is -2.43. The molecule has 0 spiro atoms. The van der Waals surface area contributed by atoms with Crippen LogP contribution in [-0.4, -0.2) is 270 Å². The number of ether oxygens (including phenoxy) is 6. The summed E-state index contributed by atoms with van der Waals surface area (Å²) in [4.78, 5) is 128. The Bertz CT molecular complexity index is 4880. The number of oxime groups is 1. The van der Waals surface area contributed by atoms with E-state index in [0.717, 1.165) is 22.4 Å². The van der Waals surface area contributed by atoms with Gasteiger partial charge in [0, 0.05) is 160 Å². The summed E-state index contributed by atoms with van der Waals surface area (Å²) in [5, 5.41) is 63.4. The molecule has 5 aromatic heterocycles. The molecule has 0 radical (unpaired) electrons. The second kappa shape index (κ2) is 44.4. The van der Waals surface area contributed by atoms with Crippen molar-refractivity contribution in [2.45, 2.75) is 225 Å². The molecule has 6 aliphatic rings. The van der Waals surface area contributed by atoms with Gasteiger partial charge >= 0.3 is 5.97 Å². The topological polar surface area (TPSA) is 471 Å². The number of aliphatic hydroxyl groups excluding tert-OH is 3. The van der Waals surface area contributed by atoms with E-state index in [9.17, 15) is 49.2 Å². The van der Waals surface area contributed by atoms with E-state index in [-0.39, 0.29) is 118 Å². The molecule has 5 aliphatic heterocycles. The molecule has 1 aromatic carbocycles. The van der Waals surface area contributed by atoms with Crippen LogP contribution in [0.15, 0.2) is 100 Å². The second-order valence-corrected chi connectivity index (χ2v) is 34.6. The minimum Gasteiger partial charge on any atom is -0.460 e. The molecule has 36 heteroatoms. The standard InChI is InChI=1S/C90H126N18O18/c1-53-18-12-11-13-19-54(2)71(119-8)45-64-24-21-59(7)90(118,126-64)81(114)85(116)107-31-16-14-20-67(107)86(117)124-72(56(4)42-60-22-25-68(109)73(43-60)120-9)46-69(110)55(3)41-58(6)79(113)80(121-10)77(57(5)40-53)103-123-51-75(112)106-33-27-65-63(50-106)49-97-89(101-65)105-36-34-104(35-37-105)88-95-47-62(48-96-88)84(115)94-30-39-122-38-28-74(111)93-29-15-17-32-108-83-76(82(91)98-52-99-83)78(102-108)61-23-26-70-66(44-61)100-87(92)125-70/h11-13,18-19,23,26,41,44,47-49,52-53,55-57,59-60,64,67-69,71-73,79-80,109-110,113,118H,14-17,20-22,24-25,27-40,42-43,45-46,50-51H2,1-10H3,(H2,92,100)(H,93,111)(H,94,115)(H2,91,98,99)/b13-11?,18-12+,54-19?,58-41+,103-77?/t53-,55-,56-,57-,59-,60+,64+,67+,68-,69-,71+,72+,73-,79-,80+,90-/m1/s1. The maximum Gasteiger partial charge on any atom is 0.329 e. The molecule has 684 valence electrons. The first-order valence-corrected chi connectivity index (χ1v) is 44.3. The van der Waals surface area contributed by atoms with E-state index in [0.29, 0.717) is 180 Å². The van der Waals surface area contributed by atoms with Crippen molar-refractivity contribution in [3.63, 3.8) is 0 Å². The third-order valence-electron chi connectivity index (χ3n) is 25.4. The van der Waals surface area contributed by atoms with E-state index in [4.69, 9.17) is 64.2 Å². The number of Topliss-reactive ketones (excluding diaryl/α,β-unsaturated/α-hetero) is 1. The van der Waals surface area contributed by atoms with E-state index in [1.807, 2.05) is 68.2 Å². The van der Waals surface area contributed by atoms with Gasteiger partial charge in [0.25, 0.3) is 29.5 Å². The number of ketones is 1.